The van der Waals surface area contributed by atoms with Crippen molar-refractivity contribution in [3.63, 3.8) is 0 Å². The Morgan fingerprint density at radius 3 is 3.06 bits per heavy atom. The predicted molar refractivity (Wildman–Crippen MR) is 75.3 cm³/mol. The van der Waals surface area contributed by atoms with Crippen molar-refractivity contribution in [2.75, 3.05) is 0 Å². The van der Waals surface area contributed by atoms with Crippen molar-refractivity contribution >= 4 is 45.1 Å². The monoisotopic (exact) mass is 296 g/mol. The van der Waals surface area contributed by atoms with Gasteiger partial charge in [-0.15, -0.1) is 16.4 Å². The fourth-order valence-electron chi connectivity index (χ4n) is 1.50. The van der Waals surface area contributed by atoms with Crippen molar-refractivity contribution in [1.29, 1.82) is 0 Å². The molecule has 92 valence electrons. The van der Waals surface area contributed by atoms with Crippen molar-refractivity contribution in [2.45, 2.75) is 17.7 Å². The van der Waals surface area contributed by atoms with E-state index in [-0.39, 0.29) is 0 Å². The van der Waals surface area contributed by atoms with Crippen LogP contribution in [0.15, 0.2) is 28.9 Å². The van der Waals surface area contributed by atoms with E-state index < -0.39 is 0 Å². The average Bonchev–Trinajstić information content (AvgIpc) is 2.96. The molecule has 0 aliphatic heterocycles. The highest BCUT2D eigenvalue weighted by Crippen LogP contribution is 2.33. The van der Waals surface area contributed by atoms with Crippen LogP contribution in [0.2, 0.25) is 5.02 Å². The molecule has 7 heteroatoms. The molecule has 2 aromatic heterocycles. The van der Waals surface area contributed by atoms with Crippen LogP contribution in [0.5, 0.6) is 0 Å². The minimum absolute atomic E-state index is 0.684. The van der Waals surface area contributed by atoms with Gasteiger partial charge in [-0.2, -0.15) is 4.09 Å². The maximum atomic E-state index is 6.10. The zero-order valence-electron chi connectivity index (χ0n) is 9.50. The van der Waals surface area contributed by atoms with Gasteiger partial charge in [-0.05, 0) is 12.1 Å². The number of hydrogen-bond acceptors (Lipinski definition) is 5. The van der Waals surface area contributed by atoms with Gasteiger partial charge in [0, 0.05) is 18.4 Å². The molecule has 0 aliphatic carbocycles. The standard InChI is InChI=1S/C11H9ClN4S2/c1-2-9-13-6-16(15-9)18-11-14-10-7(12)4-3-5-8(10)17-11/h3-6H,2H2,1H3. The highest BCUT2D eigenvalue weighted by molar-refractivity contribution is 7.99. The number of nitrogens with zero attached hydrogens (tertiary/aromatic N) is 4. The molecule has 0 unspecified atom stereocenters. The molecule has 1 aromatic carbocycles. The van der Waals surface area contributed by atoms with Gasteiger partial charge >= 0.3 is 0 Å². The van der Waals surface area contributed by atoms with Crippen LogP contribution < -0.4 is 0 Å². The van der Waals surface area contributed by atoms with Gasteiger partial charge in [0.2, 0.25) is 0 Å². The number of aromatic nitrogens is 4. The smallest absolute Gasteiger partial charge is 0.173 e. The highest BCUT2D eigenvalue weighted by Gasteiger charge is 2.09. The molecule has 0 saturated heterocycles. The molecule has 0 bridgehead atoms. The predicted octanol–water partition coefficient (Wildman–Crippen LogP) is 3.66. The van der Waals surface area contributed by atoms with E-state index in [1.807, 2.05) is 25.1 Å². The lowest BCUT2D eigenvalue weighted by molar-refractivity contribution is 0.916. The minimum atomic E-state index is 0.684. The number of halogens is 1. The van der Waals surface area contributed by atoms with E-state index in [2.05, 4.69) is 15.1 Å². The molecular formula is C11H9ClN4S2. The molecule has 3 rings (SSSR count). The first kappa shape index (κ1) is 12.0. The normalized spacial score (nSPS) is 11.2. The van der Waals surface area contributed by atoms with Crippen LogP contribution in [0.4, 0.5) is 0 Å². The molecule has 0 aliphatic rings. The van der Waals surface area contributed by atoms with E-state index in [1.165, 1.54) is 11.9 Å². The van der Waals surface area contributed by atoms with Crippen molar-refractivity contribution < 1.29 is 0 Å². The first-order valence-electron chi connectivity index (χ1n) is 5.40. The lowest BCUT2D eigenvalue weighted by Gasteiger charge is -1.92. The Kier molecular flexibility index (Phi) is 3.23. The largest absolute Gasteiger partial charge is 0.226 e. The van der Waals surface area contributed by atoms with Crippen LogP contribution in [0, 0.1) is 0 Å². The summed E-state index contributed by atoms with van der Waals surface area (Å²) < 4.78 is 3.72. The van der Waals surface area contributed by atoms with E-state index >= 15 is 0 Å². The van der Waals surface area contributed by atoms with Crippen LogP contribution in [0.25, 0.3) is 10.2 Å². The van der Waals surface area contributed by atoms with Gasteiger partial charge in [-0.25, -0.2) is 9.97 Å². The van der Waals surface area contributed by atoms with Crippen LogP contribution in [0.1, 0.15) is 12.7 Å². The molecule has 0 radical (unpaired) electrons. The number of benzene rings is 1. The maximum absolute atomic E-state index is 6.10. The first-order chi connectivity index (χ1) is 8.76. The lowest BCUT2D eigenvalue weighted by atomic mass is 10.3. The minimum Gasteiger partial charge on any atom is -0.226 e. The van der Waals surface area contributed by atoms with Crippen LogP contribution >= 0.6 is 34.9 Å². The third-order valence-electron chi connectivity index (χ3n) is 2.36. The molecule has 18 heavy (non-hydrogen) atoms. The second-order valence-electron chi connectivity index (χ2n) is 3.57. The lowest BCUT2D eigenvalue weighted by Crippen LogP contribution is -1.88. The van der Waals surface area contributed by atoms with Crippen molar-refractivity contribution in [3.8, 4) is 0 Å². The Hall–Kier alpha value is -1.11. The summed E-state index contributed by atoms with van der Waals surface area (Å²) in [5.41, 5.74) is 0.850. The molecule has 0 amide bonds. The number of para-hydroxylation sites is 1. The Morgan fingerprint density at radius 1 is 1.44 bits per heavy atom. The van der Waals surface area contributed by atoms with Gasteiger partial charge in [0.05, 0.1) is 9.72 Å². The highest BCUT2D eigenvalue weighted by atomic mass is 35.5. The second kappa shape index (κ2) is 4.87. The average molecular weight is 297 g/mol. The van der Waals surface area contributed by atoms with E-state index in [9.17, 15) is 0 Å². The summed E-state index contributed by atoms with van der Waals surface area (Å²) in [6.45, 7) is 2.03. The Morgan fingerprint density at radius 2 is 2.33 bits per heavy atom. The Bertz CT molecular complexity index is 691. The van der Waals surface area contributed by atoms with Gasteiger partial charge < -0.3 is 0 Å². The summed E-state index contributed by atoms with van der Waals surface area (Å²) in [6, 6.07) is 5.80. The maximum Gasteiger partial charge on any atom is 0.173 e. The first-order valence-corrected chi connectivity index (χ1v) is 7.37. The van der Waals surface area contributed by atoms with Gasteiger partial charge in [-0.3, -0.25) is 0 Å². The summed E-state index contributed by atoms with van der Waals surface area (Å²) in [6.07, 6.45) is 2.54. The quantitative estimate of drug-likeness (QED) is 0.740. The van der Waals surface area contributed by atoms with Crippen LogP contribution in [-0.4, -0.2) is 19.2 Å². The van der Waals surface area contributed by atoms with Crippen molar-refractivity contribution in [3.05, 3.63) is 35.4 Å². The summed E-state index contributed by atoms with van der Waals surface area (Å²) in [5.74, 6) is 0.835. The molecule has 0 spiro atoms. The third-order valence-corrected chi connectivity index (χ3v) is 4.56. The second-order valence-corrected chi connectivity index (χ2v) is 6.21. The van der Waals surface area contributed by atoms with Crippen molar-refractivity contribution in [1.82, 2.24) is 19.2 Å². The zero-order valence-corrected chi connectivity index (χ0v) is 11.9. The van der Waals surface area contributed by atoms with E-state index in [4.69, 9.17) is 11.6 Å². The molecule has 0 fully saturated rings. The molecule has 0 atom stereocenters. The molecule has 0 N–H and O–H groups in total. The fourth-order valence-corrected chi connectivity index (χ4v) is 3.67. The van der Waals surface area contributed by atoms with E-state index in [1.54, 1.807) is 21.8 Å². The van der Waals surface area contributed by atoms with Gasteiger partial charge in [-0.1, -0.05) is 24.6 Å². The van der Waals surface area contributed by atoms with Crippen LogP contribution in [0.3, 0.4) is 0 Å². The Balaban J connectivity index is 1.93. The van der Waals surface area contributed by atoms with Gasteiger partial charge in [0.25, 0.3) is 0 Å². The number of thiazole rings is 1. The van der Waals surface area contributed by atoms with E-state index in [0.717, 1.165) is 26.8 Å². The fraction of sp³-hybridized carbons (Fsp3) is 0.182. The molecule has 3 aromatic rings. The van der Waals surface area contributed by atoms with Gasteiger partial charge in [0.15, 0.2) is 10.2 Å². The number of hydrogen-bond donors (Lipinski definition) is 0. The van der Waals surface area contributed by atoms with Gasteiger partial charge in [0.1, 0.15) is 11.8 Å². The number of fused-ring (bicyclic) bond motifs is 1. The number of rotatable bonds is 3. The molecule has 4 nitrogen and oxygen atoms in total. The summed E-state index contributed by atoms with van der Waals surface area (Å²) >= 11 is 9.15. The summed E-state index contributed by atoms with van der Waals surface area (Å²) in [7, 11) is 0. The SMILES string of the molecule is CCc1ncn(Sc2nc3c(Cl)cccc3s2)n1. The summed E-state index contributed by atoms with van der Waals surface area (Å²) in [4.78, 5) is 8.69. The third kappa shape index (κ3) is 2.23. The topological polar surface area (TPSA) is 43.6 Å². The molecular weight excluding hydrogens is 288 g/mol. The zero-order chi connectivity index (χ0) is 12.5. The summed E-state index contributed by atoms with van der Waals surface area (Å²) in [5, 5.41) is 5.00. The Labute approximate surface area is 117 Å². The van der Waals surface area contributed by atoms with E-state index in [0.29, 0.717) is 5.02 Å². The van der Waals surface area contributed by atoms with Crippen LogP contribution in [-0.2, 0) is 6.42 Å². The molecule has 2 heterocycles. The molecule has 0 saturated carbocycles. The van der Waals surface area contributed by atoms with Crippen molar-refractivity contribution in [2.24, 2.45) is 0 Å². The number of aryl methyl sites for hydroxylation is 1.